The van der Waals surface area contributed by atoms with Crippen molar-refractivity contribution in [3.05, 3.63) is 310 Å². The molecule has 4 fully saturated rings. The van der Waals surface area contributed by atoms with E-state index in [2.05, 4.69) is 76.3 Å². The second-order valence-electron chi connectivity index (χ2n) is 30.5. The Bertz CT molecular complexity index is 6150. The van der Waals surface area contributed by atoms with E-state index in [1.165, 1.54) is 117 Å². The van der Waals surface area contributed by atoms with Crippen LogP contribution < -0.4 is 47.9 Å². The first-order chi connectivity index (χ1) is 62.4. The van der Waals surface area contributed by atoms with Gasteiger partial charge in [-0.05, 0) is 181 Å². The molecular formula is C92H81F15IN15O9. The number of carbonyl (C=O) groups excluding carboxylic acids is 7. The summed E-state index contributed by atoms with van der Waals surface area (Å²) in [6, 6.07) is 50.8. The highest BCUT2D eigenvalue weighted by Crippen LogP contribution is 2.43. The summed E-state index contributed by atoms with van der Waals surface area (Å²) in [6.07, 6.45) is 4.48. The van der Waals surface area contributed by atoms with E-state index in [0.29, 0.717) is 77.8 Å². The van der Waals surface area contributed by atoms with E-state index in [0.717, 1.165) is 16.6 Å². The fourth-order valence-electron chi connectivity index (χ4n) is 14.6. The van der Waals surface area contributed by atoms with Gasteiger partial charge in [0.25, 0.3) is 17.7 Å². The molecule has 4 aliphatic rings. The molecule has 13 aromatic rings. The van der Waals surface area contributed by atoms with Crippen molar-refractivity contribution >= 4 is 114 Å². The van der Waals surface area contributed by atoms with E-state index in [-0.39, 0.29) is 83.6 Å². The van der Waals surface area contributed by atoms with Crippen LogP contribution >= 0.6 is 22.6 Å². The highest BCUT2D eigenvalue weighted by atomic mass is 127. The first-order valence-electron chi connectivity index (χ1n) is 40.0. The van der Waals surface area contributed by atoms with Crippen LogP contribution in [-0.2, 0) is 38.4 Å². The van der Waals surface area contributed by atoms with Crippen LogP contribution in [0.15, 0.2) is 243 Å². The molecule has 17 rings (SSSR count). The van der Waals surface area contributed by atoms with Crippen molar-refractivity contribution in [2.45, 2.75) is 125 Å². The number of amides is 7. The molecule has 0 spiro atoms. The van der Waals surface area contributed by atoms with Crippen LogP contribution in [0.3, 0.4) is 0 Å². The Morgan fingerprint density at radius 2 is 0.674 bits per heavy atom. The zero-order valence-corrected chi connectivity index (χ0v) is 72.2. The van der Waals surface area contributed by atoms with Gasteiger partial charge < -0.3 is 53.0 Å². The summed E-state index contributed by atoms with van der Waals surface area (Å²) in [4.78, 5) is 96.0. The van der Waals surface area contributed by atoms with Gasteiger partial charge in [0.05, 0.1) is 94.5 Å². The number of aromatic nitrogens is 6. The van der Waals surface area contributed by atoms with E-state index in [9.17, 15) is 104 Å². The molecule has 4 saturated heterocycles. The first kappa shape index (κ1) is 98.6. The second-order valence-corrected chi connectivity index (χ2v) is 31.7. The molecule has 0 saturated carbocycles. The van der Waals surface area contributed by atoms with Crippen LogP contribution in [0.1, 0.15) is 99.8 Å². The Labute approximate surface area is 755 Å². The monoisotopic (exact) mass is 1950 g/mol. The topological polar surface area (TPSA) is 329 Å². The number of nitrogens with zero attached hydrogens (tertiary/aromatic N) is 8. The summed E-state index contributed by atoms with van der Waals surface area (Å²) in [5.41, 5.74) is 16.3. The molecule has 7 amide bonds. The van der Waals surface area contributed by atoms with E-state index in [1.807, 2.05) is 23.0 Å². The van der Waals surface area contributed by atoms with Crippen molar-refractivity contribution < 1.29 is 109 Å². The van der Waals surface area contributed by atoms with Crippen LogP contribution in [0.5, 0.6) is 0 Å². The predicted molar refractivity (Wildman–Crippen MR) is 466 cm³/mol. The third kappa shape index (κ3) is 23.8. The third-order valence-corrected chi connectivity index (χ3v) is 21.5. The predicted octanol–water partition coefficient (Wildman–Crippen LogP) is 16.2. The van der Waals surface area contributed by atoms with Gasteiger partial charge in [-0.1, -0.05) is 72.8 Å². The Kier molecular flexibility index (Phi) is 31.2. The lowest BCUT2D eigenvalue weighted by Gasteiger charge is -2.30. The normalized spacial score (nSPS) is 18.1. The maximum absolute atomic E-state index is 14.8. The summed E-state index contributed by atoms with van der Waals surface area (Å²) in [6.45, 7) is 1.71. The minimum absolute atomic E-state index is 0.0928. The van der Waals surface area contributed by atoms with E-state index in [1.54, 1.807) is 131 Å². The van der Waals surface area contributed by atoms with Gasteiger partial charge in [-0.2, -0.15) is 50.4 Å². The third-order valence-electron chi connectivity index (χ3n) is 20.8. The molecule has 3 aromatic heterocycles. The van der Waals surface area contributed by atoms with Crippen LogP contribution in [0, 0.1) is 44.3 Å². The Morgan fingerprint density at radius 1 is 0.386 bits per heavy atom. The van der Waals surface area contributed by atoms with Crippen molar-refractivity contribution in [1.82, 2.24) is 55.9 Å². The summed E-state index contributed by atoms with van der Waals surface area (Å²) in [7, 11) is 1.50. The number of carbonyl (C=O) groups is 8. The number of fused-ring (bicyclic) bond motifs is 3. The van der Waals surface area contributed by atoms with Gasteiger partial charge in [0.1, 0.15) is 40.7 Å². The highest BCUT2D eigenvalue weighted by Gasteiger charge is 2.49. The number of carboxylic acids is 1. The van der Waals surface area contributed by atoms with E-state index >= 15 is 0 Å². The molecule has 10 aromatic carbocycles. The number of rotatable bonds is 16. The summed E-state index contributed by atoms with van der Waals surface area (Å²) in [5.74, 6) is -25.7. The Hall–Kier alpha value is -14.0. The first-order valence-corrected chi connectivity index (χ1v) is 41.1. The van der Waals surface area contributed by atoms with Gasteiger partial charge >= 0.3 is 29.7 Å². The number of halogens is 16. The molecule has 24 nitrogen and oxygen atoms in total. The van der Waals surface area contributed by atoms with Gasteiger partial charge in [-0.15, -0.1) is 0 Å². The molecule has 690 valence electrons. The number of nitrogens with one attached hydrogen (secondary N) is 5. The van der Waals surface area contributed by atoms with Crippen molar-refractivity contribution in [2.24, 2.45) is 11.5 Å². The molecule has 0 unspecified atom stereocenters. The molecule has 7 heterocycles. The lowest BCUT2D eigenvalue weighted by atomic mass is 9.98. The Balaban J connectivity index is 0.000000162. The SMILES string of the molecule is CC(F)(F)C(=O)N[C@@H]1CC(=O)N(c2ccc3c(cnn3-c3ccc(F)cc3)c2)[C@H]1c1ccccc1F.CC(F)(F)C(=O)N[C@H]1CC(=O)N(c2ccc3c(cnn3-c3ccc(F)cc3)c2)[C@@H]1c1ccccc1F.CC(F)(F)C(=O)N[C@H]1CC(=O)N[C@@H]1c1ccccc1F.CC(F)(F)C(=O)O.CN.Fc1ccc(-n2ncc3cc(I)ccc32)cc1.N[C@H]1CC(=O)N[C@@H]1c1ccccc1F. The van der Waals surface area contributed by atoms with Crippen LogP contribution in [0.4, 0.5) is 77.2 Å². The molecule has 0 radical (unpaired) electrons. The molecule has 4 aliphatic heterocycles. The number of carboxylic acid groups (broad SMARTS) is 1. The zero-order valence-electron chi connectivity index (χ0n) is 70.0. The lowest BCUT2D eigenvalue weighted by Crippen LogP contribution is -2.46. The van der Waals surface area contributed by atoms with Crippen molar-refractivity contribution in [2.75, 3.05) is 16.8 Å². The van der Waals surface area contributed by atoms with Crippen LogP contribution in [0.2, 0.25) is 0 Å². The van der Waals surface area contributed by atoms with Gasteiger partial charge in [0.2, 0.25) is 23.6 Å². The lowest BCUT2D eigenvalue weighted by molar-refractivity contribution is -0.162. The van der Waals surface area contributed by atoms with Gasteiger partial charge in [0.15, 0.2) is 0 Å². The maximum atomic E-state index is 14.8. The molecule has 0 bridgehead atoms. The Morgan fingerprint density at radius 3 is 0.992 bits per heavy atom. The molecule has 40 heteroatoms. The fraction of sp³-hybridized carbons (Fsp3) is 0.228. The number of aliphatic carboxylic acids is 1. The summed E-state index contributed by atoms with van der Waals surface area (Å²) < 4.78 is 205. The van der Waals surface area contributed by atoms with Crippen LogP contribution in [-0.4, -0.2) is 137 Å². The van der Waals surface area contributed by atoms with Crippen molar-refractivity contribution in [3.8, 4) is 17.1 Å². The number of hydrogen-bond acceptors (Lipinski definition) is 13. The van der Waals surface area contributed by atoms with E-state index < -0.39 is 119 Å². The number of benzene rings is 10. The number of hydrogen-bond donors (Lipinski definition) is 8. The minimum atomic E-state index is -3.66. The van der Waals surface area contributed by atoms with Crippen LogP contribution in [0.25, 0.3) is 49.8 Å². The van der Waals surface area contributed by atoms with E-state index in [4.69, 9.17) is 10.8 Å². The minimum Gasteiger partial charge on any atom is -0.477 e. The average molecular weight is 1950 g/mol. The molecule has 0 aliphatic carbocycles. The molecule has 132 heavy (non-hydrogen) atoms. The second kappa shape index (κ2) is 41.8. The van der Waals surface area contributed by atoms with Crippen molar-refractivity contribution in [3.63, 3.8) is 0 Å². The largest absolute Gasteiger partial charge is 0.477 e. The smallest absolute Gasteiger partial charge is 0.374 e. The quantitative estimate of drug-likeness (QED) is 0.0329. The van der Waals surface area contributed by atoms with Gasteiger partial charge in [0, 0.05) is 113 Å². The van der Waals surface area contributed by atoms with Crippen molar-refractivity contribution in [1.29, 1.82) is 0 Å². The summed E-state index contributed by atoms with van der Waals surface area (Å²) >= 11 is 2.27. The standard InChI is InChI=1S/2C26H20F4N4O2.C13H13F3N2O2.C13H8FIN2.C10H11FN2O.C3H4F2O2.CH5N/c2*1-26(29,30)25(36)32-21-13-23(35)33(24(21)19-4-2-3-5-20(19)28)18-10-11-22-15(12-18)14-31-34(22)17-8-6-16(27)7-9-17;1-13(15,16)12(20)17-9-6-10(19)18-11(9)7-4-2-3-5-8(7)14;14-10-1-4-12(5-2-10)17-13-6-3-11(15)7-9(13)8-16-17;11-7-4-2-1-3-6(7)10-8(12)5-9(14)13-10;1-3(4,5)2(6)7;1-2/h2*2-12,14,21,24H,13H2,1H3,(H,32,36);2-5,9,11H,6H2,1H3,(H,17,20)(H,18,19);1-8H;1-4,8,10H,5,12H2,(H,13,14);1H3,(H,6,7);2H2,1H3/t2*21-,24+;9-,11+;;8-,10+;;/m100.0../s1. The number of alkyl halides is 8. The van der Waals surface area contributed by atoms with Gasteiger partial charge in [-0.25, -0.2) is 49.6 Å². The average Bonchev–Trinajstić information content (AvgIpc) is 1.60. The fourth-order valence-corrected chi connectivity index (χ4v) is 15.1. The maximum Gasteiger partial charge on any atom is 0.374 e. The highest BCUT2D eigenvalue weighted by molar-refractivity contribution is 14.1. The molecule has 10 N–H and O–H groups in total. The molecule has 8 atom stereocenters. The zero-order chi connectivity index (χ0) is 96.2. The van der Waals surface area contributed by atoms with Gasteiger partial charge in [-0.3, -0.25) is 33.6 Å². The summed E-state index contributed by atoms with van der Waals surface area (Å²) in [5, 5.41) is 34.6. The number of nitrogens with two attached hydrogens (primary N) is 2. The molecular weight excluding hydrogens is 1870 g/mol. The number of anilines is 2.